The maximum absolute atomic E-state index is 15.7. The molecule has 246 valence electrons. The number of nitrogens with one attached hydrogen (secondary N) is 2. The van der Waals surface area contributed by atoms with E-state index in [1.165, 1.54) is 12.1 Å². The monoisotopic (exact) mass is 662 g/mol. The Morgan fingerprint density at radius 2 is 1.64 bits per heavy atom. The Labute approximate surface area is 260 Å². The van der Waals surface area contributed by atoms with Gasteiger partial charge in [-0.15, -0.1) is 0 Å². The number of aliphatic carboxylic acids is 1. The van der Waals surface area contributed by atoms with Gasteiger partial charge in [0.25, 0.3) is 0 Å². The van der Waals surface area contributed by atoms with E-state index in [1.807, 2.05) is 20.8 Å². The summed E-state index contributed by atoms with van der Waals surface area (Å²) in [5.41, 5.74) is -2.41. The zero-order valence-corrected chi connectivity index (χ0v) is 25.5. The fourth-order valence-corrected chi connectivity index (χ4v) is 7.14. The van der Waals surface area contributed by atoms with Crippen molar-refractivity contribution < 1.29 is 50.9 Å². The molecule has 0 bridgehead atoms. The first-order chi connectivity index (χ1) is 20.6. The van der Waals surface area contributed by atoms with Gasteiger partial charge in [0.05, 0.1) is 16.7 Å². The lowest BCUT2D eigenvalue weighted by molar-refractivity contribution is -0.192. The molecule has 14 heteroatoms. The van der Waals surface area contributed by atoms with Crippen molar-refractivity contribution in [3.05, 3.63) is 63.9 Å². The summed E-state index contributed by atoms with van der Waals surface area (Å²) in [6.07, 6.45) is -3.63. The topological polar surface area (TPSA) is 116 Å². The van der Waals surface area contributed by atoms with Gasteiger partial charge in [0, 0.05) is 30.1 Å². The second kappa shape index (κ2) is 11.9. The maximum Gasteiger partial charge on any atom is 0.490 e. The summed E-state index contributed by atoms with van der Waals surface area (Å²) >= 11 is 6.17. The van der Waals surface area contributed by atoms with Crippen LogP contribution in [-0.4, -0.2) is 51.7 Å². The number of amides is 1. The van der Waals surface area contributed by atoms with Crippen LogP contribution in [0.25, 0.3) is 0 Å². The van der Waals surface area contributed by atoms with Gasteiger partial charge in [-0.3, -0.25) is 9.59 Å². The number of hydrogen-bond donors (Lipinski definition) is 4. The summed E-state index contributed by atoms with van der Waals surface area (Å²) < 4.78 is 76.4. The summed E-state index contributed by atoms with van der Waals surface area (Å²) in [5, 5.41) is 23.2. The second-order valence-corrected chi connectivity index (χ2v) is 13.9. The SMILES string of the molecule is CC(C)(C)C[C@H]1N[C@@H](C(=O)CC2CC(C)(O)C2)[C@H](c2cccc(Cl)c2F)[C@@]12C(=O)Nc1cc(F)c(F)cc12.O=C(O)C(F)(F)F. The maximum atomic E-state index is 15.7. The van der Waals surface area contributed by atoms with Crippen molar-refractivity contribution in [2.75, 3.05) is 5.32 Å². The molecule has 1 amide bonds. The Hall–Kier alpha value is -3.16. The lowest BCUT2D eigenvalue weighted by atomic mass is 9.61. The number of fused-ring (bicyclic) bond motifs is 2. The van der Waals surface area contributed by atoms with E-state index >= 15 is 4.39 Å². The van der Waals surface area contributed by atoms with Crippen molar-refractivity contribution in [2.45, 2.75) is 88.6 Å². The van der Waals surface area contributed by atoms with Crippen LogP contribution in [0.3, 0.4) is 0 Å². The van der Waals surface area contributed by atoms with Crippen LogP contribution in [-0.2, 0) is 19.8 Å². The average molecular weight is 663 g/mol. The van der Waals surface area contributed by atoms with Crippen LogP contribution in [0.4, 0.5) is 32.0 Å². The number of anilines is 1. The van der Waals surface area contributed by atoms with Gasteiger partial charge in [-0.2, -0.15) is 13.2 Å². The Kier molecular flexibility index (Phi) is 9.17. The predicted molar refractivity (Wildman–Crippen MR) is 152 cm³/mol. The third kappa shape index (κ3) is 6.71. The van der Waals surface area contributed by atoms with Crippen LogP contribution in [0.2, 0.25) is 5.02 Å². The van der Waals surface area contributed by atoms with Crippen molar-refractivity contribution >= 4 is 34.9 Å². The van der Waals surface area contributed by atoms with Crippen LogP contribution in [0.5, 0.6) is 0 Å². The van der Waals surface area contributed by atoms with Gasteiger partial charge < -0.3 is 20.8 Å². The quantitative estimate of drug-likeness (QED) is 0.281. The molecule has 45 heavy (non-hydrogen) atoms. The number of halogens is 7. The molecule has 4 N–H and O–H groups in total. The first kappa shape index (κ1) is 34.7. The van der Waals surface area contributed by atoms with Crippen molar-refractivity contribution in [1.29, 1.82) is 0 Å². The molecule has 4 atom stereocenters. The Morgan fingerprint density at radius 1 is 1.07 bits per heavy atom. The zero-order valence-electron chi connectivity index (χ0n) is 24.8. The number of alkyl halides is 3. The predicted octanol–water partition coefficient (Wildman–Crippen LogP) is 6.26. The van der Waals surface area contributed by atoms with E-state index in [0.717, 1.165) is 12.1 Å². The third-order valence-corrected chi connectivity index (χ3v) is 8.85. The van der Waals surface area contributed by atoms with Gasteiger partial charge >= 0.3 is 12.1 Å². The number of hydrogen-bond acceptors (Lipinski definition) is 5. The van der Waals surface area contributed by atoms with Crippen LogP contribution in [0.1, 0.15) is 70.4 Å². The molecule has 2 fully saturated rings. The Morgan fingerprint density at radius 3 is 2.18 bits per heavy atom. The fraction of sp³-hybridized carbons (Fsp3) is 0.516. The van der Waals surface area contributed by atoms with Crippen molar-refractivity contribution in [3.8, 4) is 0 Å². The van der Waals surface area contributed by atoms with Gasteiger partial charge in [-0.25, -0.2) is 18.0 Å². The first-order valence-corrected chi connectivity index (χ1v) is 14.5. The summed E-state index contributed by atoms with van der Waals surface area (Å²) in [6.45, 7) is 7.64. The molecular weight excluding hydrogens is 630 g/mol. The Bertz CT molecular complexity index is 1520. The van der Waals surface area contributed by atoms with Crippen molar-refractivity contribution in [3.63, 3.8) is 0 Å². The summed E-state index contributed by atoms with van der Waals surface area (Å²) in [4.78, 5) is 36.8. The number of carbonyl (C=O) groups is 3. The molecule has 2 heterocycles. The minimum absolute atomic E-state index is 0.0435. The smallest absolute Gasteiger partial charge is 0.475 e. The highest BCUT2D eigenvalue weighted by molar-refractivity contribution is 6.30. The number of rotatable bonds is 5. The van der Waals surface area contributed by atoms with E-state index in [2.05, 4.69) is 10.6 Å². The summed E-state index contributed by atoms with van der Waals surface area (Å²) in [5.74, 6) is -7.66. The molecule has 1 saturated heterocycles. The number of benzene rings is 2. The number of carboxylic acid groups (broad SMARTS) is 1. The molecule has 2 aliphatic heterocycles. The van der Waals surface area contributed by atoms with Crippen LogP contribution < -0.4 is 10.6 Å². The van der Waals surface area contributed by atoms with Crippen LogP contribution in [0, 0.1) is 28.8 Å². The zero-order chi connectivity index (χ0) is 33.9. The van der Waals surface area contributed by atoms with Crippen LogP contribution in [0.15, 0.2) is 30.3 Å². The van der Waals surface area contributed by atoms with Crippen molar-refractivity contribution in [1.82, 2.24) is 5.32 Å². The lowest BCUT2D eigenvalue weighted by Crippen LogP contribution is -2.49. The second-order valence-electron chi connectivity index (χ2n) is 13.5. The van der Waals surface area contributed by atoms with Gasteiger partial charge in [0.1, 0.15) is 11.2 Å². The highest BCUT2D eigenvalue weighted by Crippen LogP contribution is 2.57. The molecule has 7 nitrogen and oxygen atoms in total. The van der Waals surface area contributed by atoms with E-state index < -0.39 is 64.5 Å². The normalized spacial score (nSPS) is 29.0. The van der Waals surface area contributed by atoms with Gasteiger partial charge in [0.2, 0.25) is 5.91 Å². The summed E-state index contributed by atoms with van der Waals surface area (Å²) in [7, 11) is 0. The van der Waals surface area contributed by atoms with E-state index in [4.69, 9.17) is 21.5 Å². The molecule has 2 aromatic carbocycles. The molecule has 0 radical (unpaired) electrons. The van der Waals surface area contributed by atoms with Gasteiger partial charge in [0.15, 0.2) is 17.4 Å². The number of carbonyl (C=O) groups excluding carboxylic acids is 2. The number of ketones is 1. The highest BCUT2D eigenvalue weighted by Gasteiger charge is 2.66. The standard InChI is InChI=1S/C29H32ClF3N2O3.C2HF3O2/c1-27(2,3)13-22-29(16-9-18(31)19(32)10-20(16)34-26(29)37)23(15-6-5-7-17(30)24(15)33)25(35-22)21(36)8-14-11-28(4,38)12-14;3-2(4,5)1(6)7/h5-7,9-10,14,22-23,25,35,38H,8,11-13H2,1-4H3,(H,34,37);(H,6,7)/t14?,22-,23+,25+,28?,29+;/m1./s1. The fourth-order valence-electron chi connectivity index (χ4n) is 6.96. The molecule has 5 rings (SSSR count). The van der Waals surface area contributed by atoms with Gasteiger partial charge in [-0.1, -0.05) is 44.5 Å². The van der Waals surface area contributed by atoms with Gasteiger partial charge in [-0.05, 0) is 60.8 Å². The molecule has 1 aliphatic carbocycles. The van der Waals surface area contributed by atoms with E-state index in [9.17, 15) is 36.6 Å². The minimum atomic E-state index is -5.08. The molecular formula is C31H33ClF6N2O5. The lowest BCUT2D eigenvalue weighted by Gasteiger charge is -2.41. The number of aliphatic hydroxyl groups is 1. The van der Waals surface area contributed by atoms with E-state index in [-0.39, 0.29) is 45.4 Å². The summed E-state index contributed by atoms with van der Waals surface area (Å²) in [6, 6.07) is 4.66. The van der Waals surface area contributed by atoms with E-state index in [0.29, 0.717) is 19.3 Å². The van der Waals surface area contributed by atoms with E-state index in [1.54, 1.807) is 13.0 Å². The third-order valence-electron chi connectivity index (χ3n) is 8.55. The molecule has 2 aromatic rings. The molecule has 1 spiro atoms. The number of carboxylic acids is 1. The number of Topliss-reactive ketones (excluding diaryl/α,β-unsaturated/α-hetero) is 1. The molecule has 3 aliphatic rings. The molecule has 0 aromatic heterocycles. The van der Waals surface area contributed by atoms with Crippen LogP contribution >= 0.6 is 11.6 Å². The molecule has 1 saturated carbocycles. The highest BCUT2D eigenvalue weighted by atomic mass is 35.5. The Balaban J connectivity index is 0.000000591. The van der Waals surface area contributed by atoms with Crippen molar-refractivity contribution in [2.24, 2.45) is 11.3 Å². The first-order valence-electron chi connectivity index (χ1n) is 14.1. The average Bonchev–Trinajstić information content (AvgIpc) is 3.34. The minimum Gasteiger partial charge on any atom is -0.475 e. The molecule has 0 unspecified atom stereocenters. The largest absolute Gasteiger partial charge is 0.490 e.